The number of alkyl halides is 12. The average Bonchev–Trinajstić information content (AvgIpc) is 3.08. The van der Waals surface area contributed by atoms with Gasteiger partial charge in [-0.15, -0.1) is 0 Å². The van der Waals surface area contributed by atoms with Crippen molar-refractivity contribution in [1.82, 2.24) is 0 Å². The van der Waals surface area contributed by atoms with Crippen LogP contribution in [-0.2, 0) is 24.7 Å². The molecule has 0 spiro atoms. The minimum atomic E-state index is -5.88. The number of nitriles is 9. The Morgan fingerprint density at radius 1 is 0.389 bits per heavy atom. The lowest BCUT2D eigenvalue weighted by Crippen LogP contribution is -2.28. The third-order valence-corrected chi connectivity index (χ3v) is 7.23. The molecule has 0 N–H and O–H groups in total. The third-order valence-electron chi connectivity index (χ3n) is 7.23. The van der Waals surface area contributed by atoms with Gasteiger partial charge in [0.2, 0.25) is 0 Å². The van der Waals surface area contributed by atoms with Gasteiger partial charge < -0.3 is 0 Å². The van der Waals surface area contributed by atoms with Gasteiger partial charge in [-0.2, -0.15) is 100 Å². The van der Waals surface area contributed by atoms with Crippen LogP contribution in [0.25, 0.3) is 11.1 Å². The lowest BCUT2D eigenvalue weighted by Gasteiger charge is -2.20. The SMILES string of the molecule is N#C/C(c1cc(C(F)(F)F)c(C#N)c(C#N)c1C(F)(F)F)=c1/cc(C#N)/c(=C(\C#N)c2cc(C(F)(F)F)c(C#N)c(C#N)c2C(F)(F)F)c(C#N)c1C#N. The molecule has 0 aliphatic heterocycles. The molecular weight excluding hydrogens is 750 g/mol. The van der Waals surface area contributed by atoms with Gasteiger partial charge in [0, 0.05) is 21.6 Å². The molecule has 0 radical (unpaired) electrons. The van der Waals surface area contributed by atoms with E-state index in [4.69, 9.17) is 0 Å². The van der Waals surface area contributed by atoms with Gasteiger partial charge in [-0.1, -0.05) is 0 Å². The molecule has 0 amide bonds. The zero-order valence-corrected chi connectivity index (χ0v) is 25.3. The van der Waals surface area contributed by atoms with E-state index in [9.17, 15) is 100 Å². The molecule has 0 aliphatic carbocycles. The Morgan fingerprint density at radius 2 is 0.741 bits per heavy atom. The summed E-state index contributed by atoms with van der Waals surface area (Å²) in [5.74, 6) is 0. The molecule has 0 atom stereocenters. The van der Waals surface area contributed by atoms with Crippen LogP contribution in [0.1, 0.15) is 72.3 Å². The van der Waals surface area contributed by atoms with Crippen LogP contribution in [0.15, 0.2) is 18.2 Å². The first-order valence-electron chi connectivity index (χ1n) is 13.3. The Morgan fingerprint density at radius 3 is 1.02 bits per heavy atom. The van der Waals surface area contributed by atoms with Crippen LogP contribution in [0.2, 0.25) is 0 Å². The van der Waals surface area contributed by atoms with E-state index in [2.05, 4.69) is 0 Å². The van der Waals surface area contributed by atoms with Gasteiger partial charge in [0.15, 0.2) is 0 Å². The second-order valence-corrected chi connectivity index (χ2v) is 10.0. The van der Waals surface area contributed by atoms with E-state index in [0.29, 0.717) is 0 Å². The van der Waals surface area contributed by atoms with Crippen LogP contribution < -0.4 is 10.4 Å². The topological polar surface area (TPSA) is 214 Å². The van der Waals surface area contributed by atoms with E-state index in [1.807, 2.05) is 0 Å². The minimum absolute atomic E-state index is 0.148. The monoisotopic (exact) mass is 753 g/mol. The summed E-state index contributed by atoms with van der Waals surface area (Å²) in [4.78, 5) is 0. The Hall–Kier alpha value is -8.03. The summed E-state index contributed by atoms with van der Waals surface area (Å²) in [6.07, 6.45) is -23.1. The first-order chi connectivity index (χ1) is 25.0. The molecule has 264 valence electrons. The van der Waals surface area contributed by atoms with E-state index in [0.717, 1.165) is 48.6 Å². The van der Waals surface area contributed by atoms with Crippen molar-refractivity contribution in [3.8, 4) is 54.6 Å². The fourth-order valence-corrected chi connectivity index (χ4v) is 5.22. The van der Waals surface area contributed by atoms with Crippen LogP contribution in [0.5, 0.6) is 0 Å². The van der Waals surface area contributed by atoms with Gasteiger partial charge in [-0.05, 0) is 18.2 Å². The lowest BCUT2D eigenvalue weighted by molar-refractivity contribution is -0.141. The number of hydrogen-bond acceptors (Lipinski definition) is 9. The highest BCUT2D eigenvalue weighted by Crippen LogP contribution is 2.45. The second-order valence-electron chi connectivity index (χ2n) is 10.0. The van der Waals surface area contributed by atoms with Crippen LogP contribution in [0.4, 0.5) is 52.7 Å². The molecule has 0 fully saturated rings. The van der Waals surface area contributed by atoms with E-state index < -0.39 is 131 Å². The summed E-state index contributed by atoms with van der Waals surface area (Å²) in [6.45, 7) is 0. The molecule has 3 rings (SSSR count). The van der Waals surface area contributed by atoms with Gasteiger partial charge in [-0.3, -0.25) is 0 Å². The van der Waals surface area contributed by atoms with E-state index >= 15 is 0 Å². The maximum absolute atomic E-state index is 14.4. The molecule has 21 heteroatoms. The van der Waals surface area contributed by atoms with Crippen LogP contribution in [-0.4, -0.2) is 0 Å². The van der Waals surface area contributed by atoms with Gasteiger partial charge in [-0.25, -0.2) is 0 Å². The quantitative estimate of drug-likeness (QED) is 0.268. The zero-order valence-electron chi connectivity index (χ0n) is 25.3. The number of hydrogen-bond donors (Lipinski definition) is 0. The average molecular weight is 753 g/mol. The second kappa shape index (κ2) is 13.9. The molecule has 0 saturated heterocycles. The third kappa shape index (κ3) is 6.71. The van der Waals surface area contributed by atoms with Crippen LogP contribution in [0, 0.1) is 102 Å². The standard InChI is InChI=1S/C33H3F12N9/c34-30(35,36)25-2-15(28(32(40,41)42)23(11-53)19(25)7-49)17(5-47)14-1-13(4-46)27(22(10-52)18(14)6-48)21(9-51)16-3-26(31(37,38)39)20(8-50)24(12-54)29(16)33(43,44)45/h1-3H/b17-14+,27-21-. The highest BCUT2D eigenvalue weighted by Gasteiger charge is 2.46. The van der Waals surface area contributed by atoms with Crippen molar-refractivity contribution < 1.29 is 52.7 Å². The normalized spacial score (nSPS) is 12.5. The number of nitrogens with zero attached hydrogens (tertiary/aromatic N) is 9. The highest BCUT2D eigenvalue weighted by molar-refractivity contribution is 5.86. The Kier molecular flexibility index (Phi) is 10.4. The lowest BCUT2D eigenvalue weighted by atomic mass is 9.84. The van der Waals surface area contributed by atoms with Crippen molar-refractivity contribution in [2.75, 3.05) is 0 Å². The van der Waals surface area contributed by atoms with Crippen molar-refractivity contribution in [3.63, 3.8) is 0 Å². The molecular formula is C33H3F12N9. The molecule has 3 aromatic rings. The number of benzene rings is 3. The number of rotatable bonds is 2. The Bertz CT molecular complexity index is 2710. The molecule has 0 saturated carbocycles. The van der Waals surface area contributed by atoms with Crippen LogP contribution >= 0.6 is 0 Å². The highest BCUT2D eigenvalue weighted by atomic mass is 19.4. The molecule has 0 unspecified atom stereocenters. The van der Waals surface area contributed by atoms with E-state index in [1.54, 1.807) is 0 Å². The smallest absolute Gasteiger partial charge is 0.192 e. The molecule has 0 bridgehead atoms. The summed E-state index contributed by atoms with van der Waals surface area (Å²) >= 11 is 0. The molecule has 0 aliphatic rings. The maximum atomic E-state index is 14.4. The van der Waals surface area contributed by atoms with Gasteiger partial charge in [0.05, 0.1) is 78.4 Å². The molecule has 54 heavy (non-hydrogen) atoms. The summed E-state index contributed by atoms with van der Waals surface area (Å²) < 4.78 is 170. The van der Waals surface area contributed by atoms with Gasteiger partial charge >= 0.3 is 24.7 Å². The molecule has 0 aromatic heterocycles. The largest absolute Gasteiger partial charge is 0.418 e. The first kappa shape index (κ1) is 40.4. The number of halogens is 12. The zero-order chi connectivity index (χ0) is 41.3. The summed E-state index contributed by atoms with van der Waals surface area (Å²) in [5, 5.41) is 84.7. The van der Waals surface area contributed by atoms with Crippen LogP contribution in [0.3, 0.4) is 0 Å². The predicted molar refractivity (Wildman–Crippen MR) is 148 cm³/mol. The van der Waals surface area contributed by atoms with Gasteiger partial charge in [0.25, 0.3) is 0 Å². The van der Waals surface area contributed by atoms with Crippen molar-refractivity contribution in [2.45, 2.75) is 24.7 Å². The minimum Gasteiger partial charge on any atom is -0.192 e. The molecule has 0 heterocycles. The fraction of sp³-hybridized carbons (Fsp3) is 0.121. The maximum Gasteiger partial charge on any atom is 0.418 e. The first-order valence-corrected chi connectivity index (χ1v) is 13.3. The predicted octanol–water partition coefficient (Wildman–Crippen LogP) is 6.31. The Labute approximate surface area is 291 Å². The van der Waals surface area contributed by atoms with Gasteiger partial charge in [0.1, 0.15) is 48.6 Å². The summed E-state index contributed by atoms with van der Waals surface area (Å²) in [5.41, 5.74) is -28.2. The van der Waals surface area contributed by atoms with Crippen molar-refractivity contribution in [3.05, 3.63) is 101 Å². The molecule has 3 aromatic carbocycles. The van der Waals surface area contributed by atoms with E-state index in [1.165, 1.54) is 6.07 Å². The van der Waals surface area contributed by atoms with E-state index in [-0.39, 0.29) is 6.07 Å². The van der Waals surface area contributed by atoms with Crippen molar-refractivity contribution in [1.29, 1.82) is 47.4 Å². The van der Waals surface area contributed by atoms with Crippen molar-refractivity contribution in [2.24, 2.45) is 0 Å². The summed E-state index contributed by atoms with van der Waals surface area (Å²) in [6, 6.07) is 8.03. The molecule has 9 nitrogen and oxygen atoms in total. The Balaban J connectivity index is 2.97. The van der Waals surface area contributed by atoms with Crippen molar-refractivity contribution >= 4 is 11.1 Å². The fourth-order valence-electron chi connectivity index (χ4n) is 5.22. The summed E-state index contributed by atoms with van der Waals surface area (Å²) in [7, 11) is 0.